The summed E-state index contributed by atoms with van der Waals surface area (Å²) >= 11 is 0. The Labute approximate surface area is 73.7 Å². The molecule has 0 aromatic carbocycles. The number of H-pyrrole nitrogens is 1. The summed E-state index contributed by atoms with van der Waals surface area (Å²) in [5, 5.41) is 17.3. The van der Waals surface area contributed by atoms with Gasteiger partial charge in [-0.25, -0.2) is 4.98 Å². The normalized spacial score (nSPS) is 10.5. The first-order chi connectivity index (χ1) is 6.25. The maximum Gasteiger partial charge on any atom is 0.201 e. The van der Waals surface area contributed by atoms with Crippen molar-refractivity contribution in [3.05, 3.63) is 17.8 Å². The number of hydrogen-bond acceptors (Lipinski definition) is 4. The van der Waals surface area contributed by atoms with Gasteiger partial charge in [-0.3, -0.25) is 5.41 Å². The molecule has 2 aromatic rings. The standard InChI is InChI=1S/C7H8N6/c8-6(9)2-4-1-5-7(10-3-4)12-13-11-5/h1,3H,2H2,(H3,8,9)(H,10,11,12,13). The lowest BCUT2D eigenvalue weighted by molar-refractivity contribution is 0.954. The zero-order chi connectivity index (χ0) is 9.26. The van der Waals surface area contributed by atoms with Crippen LogP contribution < -0.4 is 5.73 Å². The molecule has 2 heterocycles. The molecule has 6 heteroatoms. The van der Waals surface area contributed by atoms with Gasteiger partial charge in [-0.1, -0.05) is 0 Å². The Balaban J connectivity index is 2.42. The summed E-state index contributed by atoms with van der Waals surface area (Å²) in [6.07, 6.45) is 2.04. The van der Waals surface area contributed by atoms with E-state index in [0.29, 0.717) is 17.6 Å². The lowest BCUT2D eigenvalue weighted by Gasteiger charge is -1.96. The SMILES string of the molecule is N=C(N)Cc1cnc2n[nH]nc2c1. The highest BCUT2D eigenvalue weighted by Crippen LogP contribution is 2.07. The molecule has 13 heavy (non-hydrogen) atoms. The first kappa shape index (κ1) is 7.66. The average Bonchev–Trinajstić information content (AvgIpc) is 2.49. The number of pyridine rings is 1. The second kappa shape index (κ2) is 2.81. The summed E-state index contributed by atoms with van der Waals surface area (Å²) in [4.78, 5) is 4.04. The third-order valence-corrected chi connectivity index (χ3v) is 1.62. The molecular formula is C7H8N6. The predicted molar refractivity (Wildman–Crippen MR) is 47.3 cm³/mol. The van der Waals surface area contributed by atoms with Gasteiger partial charge in [0, 0.05) is 12.6 Å². The van der Waals surface area contributed by atoms with E-state index < -0.39 is 0 Å². The summed E-state index contributed by atoms with van der Waals surface area (Å²) in [7, 11) is 0. The number of aromatic amines is 1. The fraction of sp³-hybridized carbons (Fsp3) is 0.143. The van der Waals surface area contributed by atoms with E-state index in [4.69, 9.17) is 11.1 Å². The molecule has 2 aromatic heterocycles. The van der Waals surface area contributed by atoms with Gasteiger partial charge in [0.1, 0.15) is 5.52 Å². The van der Waals surface area contributed by atoms with Gasteiger partial charge in [-0.05, 0) is 11.6 Å². The van der Waals surface area contributed by atoms with Gasteiger partial charge < -0.3 is 5.73 Å². The minimum atomic E-state index is 0.115. The predicted octanol–water partition coefficient (Wildman–Crippen LogP) is -0.169. The van der Waals surface area contributed by atoms with E-state index in [1.165, 1.54) is 0 Å². The fourth-order valence-electron chi connectivity index (χ4n) is 1.10. The van der Waals surface area contributed by atoms with Crippen LogP contribution in [0.25, 0.3) is 11.2 Å². The van der Waals surface area contributed by atoms with Crippen molar-refractivity contribution in [1.29, 1.82) is 5.41 Å². The monoisotopic (exact) mass is 176 g/mol. The van der Waals surface area contributed by atoms with Gasteiger partial charge in [0.15, 0.2) is 0 Å². The average molecular weight is 176 g/mol. The molecule has 0 atom stereocenters. The number of nitrogens with zero attached hydrogens (tertiary/aromatic N) is 3. The summed E-state index contributed by atoms with van der Waals surface area (Å²) < 4.78 is 0. The second-order valence-corrected chi connectivity index (χ2v) is 2.71. The van der Waals surface area contributed by atoms with Crippen molar-refractivity contribution in [2.45, 2.75) is 6.42 Å². The number of hydrogen-bond donors (Lipinski definition) is 3. The van der Waals surface area contributed by atoms with E-state index in [-0.39, 0.29) is 5.84 Å². The molecule has 0 amide bonds. The van der Waals surface area contributed by atoms with Crippen LogP contribution in [0, 0.1) is 5.41 Å². The molecule has 0 saturated carbocycles. The maximum atomic E-state index is 7.11. The third-order valence-electron chi connectivity index (χ3n) is 1.62. The highest BCUT2D eigenvalue weighted by atomic mass is 15.3. The highest BCUT2D eigenvalue weighted by Gasteiger charge is 2.01. The Kier molecular flexibility index (Phi) is 1.66. The number of fused-ring (bicyclic) bond motifs is 1. The van der Waals surface area contributed by atoms with Gasteiger partial charge in [0.2, 0.25) is 5.65 Å². The second-order valence-electron chi connectivity index (χ2n) is 2.71. The van der Waals surface area contributed by atoms with E-state index >= 15 is 0 Å². The van der Waals surface area contributed by atoms with Crippen LogP contribution in [0.4, 0.5) is 0 Å². The van der Waals surface area contributed by atoms with Gasteiger partial charge in [-0.2, -0.15) is 10.3 Å². The van der Waals surface area contributed by atoms with Crippen molar-refractivity contribution in [1.82, 2.24) is 20.4 Å². The van der Waals surface area contributed by atoms with Gasteiger partial charge in [-0.15, -0.1) is 5.10 Å². The number of amidine groups is 1. The molecule has 0 radical (unpaired) electrons. The molecule has 4 N–H and O–H groups in total. The minimum absolute atomic E-state index is 0.115. The first-order valence-electron chi connectivity index (χ1n) is 3.74. The first-order valence-corrected chi connectivity index (χ1v) is 3.74. The number of nitrogens with one attached hydrogen (secondary N) is 2. The summed E-state index contributed by atoms with van der Waals surface area (Å²) in [6.45, 7) is 0. The zero-order valence-electron chi connectivity index (χ0n) is 6.78. The molecule has 0 unspecified atom stereocenters. The molecule has 66 valence electrons. The Morgan fingerprint density at radius 3 is 3.15 bits per heavy atom. The lowest BCUT2D eigenvalue weighted by atomic mass is 10.2. The van der Waals surface area contributed by atoms with Crippen LogP contribution in [-0.4, -0.2) is 26.2 Å². The van der Waals surface area contributed by atoms with E-state index in [1.807, 2.05) is 6.07 Å². The number of nitrogens with two attached hydrogens (primary N) is 1. The molecule has 0 spiro atoms. The van der Waals surface area contributed by atoms with Gasteiger partial charge in [0.05, 0.1) is 5.84 Å². The van der Waals surface area contributed by atoms with Crippen LogP contribution in [0.1, 0.15) is 5.56 Å². The molecular weight excluding hydrogens is 168 g/mol. The Bertz CT molecular complexity index is 445. The minimum Gasteiger partial charge on any atom is -0.387 e. The summed E-state index contributed by atoms with van der Waals surface area (Å²) in [6, 6.07) is 1.81. The molecule has 2 rings (SSSR count). The third kappa shape index (κ3) is 1.46. The smallest absolute Gasteiger partial charge is 0.201 e. The van der Waals surface area contributed by atoms with Crippen molar-refractivity contribution in [2.24, 2.45) is 5.73 Å². The van der Waals surface area contributed by atoms with Crippen molar-refractivity contribution >= 4 is 17.0 Å². The maximum absolute atomic E-state index is 7.11. The van der Waals surface area contributed by atoms with Crippen LogP contribution in [-0.2, 0) is 6.42 Å². The summed E-state index contributed by atoms with van der Waals surface area (Å²) in [5.74, 6) is 0.115. The van der Waals surface area contributed by atoms with Crippen molar-refractivity contribution in [3.8, 4) is 0 Å². The molecule has 0 fully saturated rings. The topological polar surface area (TPSA) is 104 Å². The zero-order valence-corrected chi connectivity index (χ0v) is 6.78. The number of rotatable bonds is 2. The molecule has 0 aliphatic carbocycles. The Morgan fingerprint density at radius 1 is 1.54 bits per heavy atom. The Morgan fingerprint density at radius 2 is 2.38 bits per heavy atom. The van der Waals surface area contributed by atoms with E-state index in [0.717, 1.165) is 5.56 Å². The van der Waals surface area contributed by atoms with E-state index in [9.17, 15) is 0 Å². The van der Waals surface area contributed by atoms with Gasteiger partial charge >= 0.3 is 0 Å². The number of aromatic nitrogens is 4. The van der Waals surface area contributed by atoms with Crippen LogP contribution >= 0.6 is 0 Å². The molecule has 0 saturated heterocycles. The van der Waals surface area contributed by atoms with Crippen molar-refractivity contribution in [3.63, 3.8) is 0 Å². The largest absolute Gasteiger partial charge is 0.387 e. The molecule has 0 aliphatic heterocycles. The van der Waals surface area contributed by atoms with E-state index in [2.05, 4.69) is 20.4 Å². The fourth-order valence-corrected chi connectivity index (χ4v) is 1.10. The lowest BCUT2D eigenvalue weighted by Crippen LogP contribution is -2.12. The molecule has 0 bridgehead atoms. The summed E-state index contributed by atoms with van der Waals surface area (Å²) in [5.41, 5.74) is 7.39. The molecule has 6 nitrogen and oxygen atoms in total. The van der Waals surface area contributed by atoms with E-state index in [1.54, 1.807) is 6.20 Å². The molecule has 0 aliphatic rings. The van der Waals surface area contributed by atoms with Gasteiger partial charge in [0.25, 0.3) is 0 Å². The highest BCUT2D eigenvalue weighted by molar-refractivity contribution is 5.80. The van der Waals surface area contributed by atoms with Crippen LogP contribution in [0.15, 0.2) is 12.3 Å². The Hall–Kier alpha value is -1.98. The van der Waals surface area contributed by atoms with Crippen LogP contribution in [0.3, 0.4) is 0 Å². The van der Waals surface area contributed by atoms with Crippen molar-refractivity contribution < 1.29 is 0 Å². The van der Waals surface area contributed by atoms with Crippen molar-refractivity contribution in [2.75, 3.05) is 0 Å². The quantitative estimate of drug-likeness (QED) is 0.436. The van der Waals surface area contributed by atoms with Crippen LogP contribution in [0.2, 0.25) is 0 Å². The van der Waals surface area contributed by atoms with Crippen LogP contribution in [0.5, 0.6) is 0 Å².